The summed E-state index contributed by atoms with van der Waals surface area (Å²) in [4.78, 5) is -0.0104. The standard InChI is InChI=1S/C14H22FNO4S/c1-4-16(6-7-20-5-2)21(18,19)13-8-11(3)14(15)12(9-13)10-17/h8-9,17H,4-7,10H2,1-3H3. The van der Waals surface area contributed by atoms with Crippen LogP contribution in [0.1, 0.15) is 25.0 Å². The van der Waals surface area contributed by atoms with Gasteiger partial charge in [0.05, 0.1) is 18.1 Å². The molecule has 0 spiro atoms. The highest BCUT2D eigenvalue weighted by Gasteiger charge is 2.24. The molecule has 0 saturated heterocycles. The van der Waals surface area contributed by atoms with E-state index in [4.69, 9.17) is 9.84 Å². The lowest BCUT2D eigenvalue weighted by atomic mass is 10.1. The van der Waals surface area contributed by atoms with Crippen molar-refractivity contribution in [1.82, 2.24) is 4.31 Å². The van der Waals surface area contributed by atoms with Gasteiger partial charge in [0.15, 0.2) is 0 Å². The third-order valence-electron chi connectivity index (χ3n) is 3.15. The second kappa shape index (κ2) is 7.84. The summed E-state index contributed by atoms with van der Waals surface area (Å²) >= 11 is 0. The van der Waals surface area contributed by atoms with Crippen LogP contribution < -0.4 is 0 Å². The Morgan fingerprint density at radius 2 is 2.00 bits per heavy atom. The first-order valence-corrected chi connectivity index (χ1v) is 8.30. The Labute approximate surface area is 125 Å². The van der Waals surface area contributed by atoms with Gasteiger partial charge in [0.1, 0.15) is 5.82 Å². The molecule has 1 aromatic carbocycles. The minimum atomic E-state index is -3.73. The molecule has 0 saturated carbocycles. The number of nitrogens with zero attached hydrogens (tertiary/aromatic N) is 1. The monoisotopic (exact) mass is 319 g/mol. The van der Waals surface area contributed by atoms with Crippen LogP contribution in [0, 0.1) is 12.7 Å². The predicted octanol–water partition coefficient (Wildman–Crippen LogP) is 1.67. The number of benzene rings is 1. The molecular weight excluding hydrogens is 297 g/mol. The van der Waals surface area contributed by atoms with Gasteiger partial charge in [-0.2, -0.15) is 4.31 Å². The first-order valence-electron chi connectivity index (χ1n) is 6.86. The summed E-state index contributed by atoms with van der Waals surface area (Å²) in [6, 6.07) is 2.47. The zero-order valence-electron chi connectivity index (χ0n) is 12.6. The zero-order valence-corrected chi connectivity index (χ0v) is 13.4. The maximum Gasteiger partial charge on any atom is 0.243 e. The van der Waals surface area contributed by atoms with E-state index in [0.29, 0.717) is 19.8 Å². The molecule has 0 amide bonds. The van der Waals surface area contributed by atoms with E-state index in [1.54, 1.807) is 6.92 Å². The van der Waals surface area contributed by atoms with E-state index in [-0.39, 0.29) is 22.6 Å². The molecule has 0 aliphatic rings. The molecule has 0 unspecified atom stereocenters. The average Bonchev–Trinajstić information content (AvgIpc) is 2.46. The summed E-state index contributed by atoms with van der Waals surface area (Å²) in [6.45, 7) is 5.84. The van der Waals surface area contributed by atoms with E-state index < -0.39 is 22.4 Å². The molecule has 0 atom stereocenters. The molecular formula is C14H22FNO4S. The summed E-state index contributed by atoms with van der Waals surface area (Å²) in [5.41, 5.74) is 0.176. The molecule has 0 bridgehead atoms. The lowest BCUT2D eigenvalue weighted by molar-refractivity contribution is 0.135. The van der Waals surface area contributed by atoms with Crippen molar-refractivity contribution in [3.63, 3.8) is 0 Å². The van der Waals surface area contributed by atoms with Crippen molar-refractivity contribution in [3.8, 4) is 0 Å². The van der Waals surface area contributed by atoms with Crippen molar-refractivity contribution >= 4 is 10.0 Å². The molecule has 120 valence electrons. The molecule has 21 heavy (non-hydrogen) atoms. The molecule has 7 heteroatoms. The number of sulfonamides is 1. The Kier molecular flexibility index (Phi) is 6.73. The van der Waals surface area contributed by atoms with E-state index >= 15 is 0 Å². The topological polar surface area (TPSA) is 66.8 Å². The first kappa shape index (κ1) is 18.0. The van der Waals surface area contributed by atoms with Gasteiger partial charge in [-0.05, 0) is 31.5 Å². The van der Waals surface area contributed by atoms with Crippen LogP contribution >= 0.6 is 0 Å². The molecule has 1 N–H and O–H groups in total. The van der Waals surface area contributed by atoms with E-state index in [2.05, 4.69) is 0 Å². The number of halogens is 1. The normalized spacial score (nSPS) is 12.1. The smallest absolute Gasteiger partial charge is 0.243 e. The molecule has 1 rings (SSSR count). The molecule has 0 heterocycles. The van der Waals surface area contributed by atoms with Crippen LogP contribution in [0.4, 0.5) is 4.39 Å². The molecule has 1 aromatic rings. The molecule has 0 aromatic heterocycles. The second-order valence-electron chi connectivity index (χ2n) is 4.57. The Hall–Kier alpha value is -1.02. The fourth-order valence-corrected chi connectivity index (χ4v) is 3.55. The Morgan fingerprint density at radius 3 is 2.52 bits per heavy atom. The van der Waals surface area contributed by atoms with Gasteiger partial charge in [-0.15, -0.1) is 0 Å². The quantitative estimate of drug-likeness (QED) is 0.740. The van der Waals surface area contributed by atoms with Gasteiger partial charge in [-0.3, -0.25) is 0 Å². The third-order valence-corrected chi connectivity index (χ3v) is 5.11. The number of rotatable bonds is 8. The van der Waals surface area contributed by atoms with E-state index in [1.807, 2.05) is 6.92 Å². The third kappa shape index (κ3) is 4.23. The van der Waals surface area contributed by atoms with Gasteiger partial charge < -0.3 is 9.84 Å². The Morgan fingerprint density at radius 1 is 1.33 bits per heavy atom. The lowest BCUT2D eigenvalue weighted by Gasteiger charge is -2.21. The fraction of sp³-hybridized carbons (Fsp3) is 0.571. The highest BCUT2D eigenvalue weighted by Crippen LogP contribution is 2.22. The number of hydrogen-bond donors (Lipinski definition) is 1. The number of aliphatic hydroxyl groups excluding tert-OH is 1. The van der Waals surface area contributed by atoms with Gasteiger partial charge in [0.25, 0.3) is 0 Å². The average molecular weight is 319 g/mol. The van der Waals surface area contributed by atoms with Crippen LogP contribution in [0.2, 0.25) is 0 Å². The summed E-state index contributed by atoms with van der Waals surface area (Å²) in [5, 5.41) is 9.13. The van der Waals surface area contributed by atoms with Crippen molar-refractivity contribution in [3.05, 3.63) is 29.1 Å². The van der Waals surface area contributed by atoms with Crippen LogP contribution in [0.15, 0.2) is 17.0 Å². The Bertz CT molecular complexity index is 575. The van der Waals surface area contributed by atoms with Gasteiger partial charge >= 0.3 is 0 Å². The van der Waals surface area contributed by atoms with E-state index in [0.717, 1.165) is 0 Å². The van der Waals surface area contributed by atoms with Gasteiger partial charge in [0.2, 0.25) is 10.0 Å². The minimum absolute atomic E-state index is 0.0104. The van der Waals surface area contributed by atoms with Crippen molar-refractivity contribution in [1.29, 1.82) is 0 Å². The molecule has 0 aliphatic carbocycles. The number of hydrogen-bond acceptors (Lipinski definition) is 4. The van der Waals surface area contributed by atoms with Crippen molar-refractivity contribution in [2.24, 2.45) is 0 Å². The maximum atomic E-state index is 13.7. The van der Waals surface area contributed by atoms with Crippen LogP contribution in [0.5, 0.6) is 0 Å². The summed E-state index contributed by atoms with van der Waals surface area (Å²) in [7, 11) is -3.73. The van der Waals surface area contributed by atoms with E-state index in [1.165, 1.54) is 23.4 Å². The largest absolute Gasteiger partial charge is 0.392 e. The molecule has 0 aliphatic heterocycles. The Balaban J connectivity index is 3.13. The fourth-order valence-electron chi connectivity index (χ4n) is 1.98. The van der Waals surface area contributed by atoms with Crippen molar-refractivity contribution in [2.75, 3.05) is 26.3 Å². The zero-order chi connectivity index (χ0) is 16.0. The second-order valence-corrected chi connectivity index (χ2v) is 6.50. The highest BCUT2D eigenvalue weighted by molar-refractivity contribution is 7.89. The van der Waals surface area contributed by atoms with Crippen LogP contribution in [0.3, 0.4) is 0 Å². The van der Waals surface area contributed by atoms with Crippen molar-refractivity contribution < 1.29 is 22.7 Å². The first-order chi connectivity index (χ1) is 9.88. The number of ether oxygens (including phenoxy) is 1. The van der Waals surface area contributed by atoms with Gasteiger partial charge in [0, 0.05) is 25.3 Å². The highest BCUT2D eigenvalue weighted by atomic mass is 32.2. The van der Waals surface area contributed by atoms with E-state index in [9.17, 15) is 12.8 Å². The SMILES string of the molecule is CCOCCN(CC)S(=O)(=O)c1cc(C)c(F)c(CO)c1. The molecule has 0 fully saturated rings. The molecule has 5 nitrogen and oxygen atoms in total. The van der Waals surface area contributed by atoms with Gasteiger partial charge in [-0.25, -0.2) is 12.8 Å². The number of aliphatic hydroxyl groups is 1. The molecule has 0 radical (unpaired) electrons. The summed E-state index contributed by atoms with van der Waals surface area (Å²) in [5.74, 6) is -0.575. The predicted molar refractivity (Wildman–Crippen MR) is 78.0 cm³/mol. The number of likely N-dealkylation sites (N-methyl/N-ethyl adjacent to an activating group) is 1. The van der Waals surface area contributed by atoms with Gasteiger partial charge in [-0.1, -0.05) is 6.92 Å². The maximum absolute atomic E-state index is 13.7. The minimum Gasteiger partial charge on any atom is -0.392 e. The number of aryl methyl sites for hydroxylation is 1. The summed E-state index contributed by atoms with van der Waals surface area (Å²) < 4.78 is 45.3. The van der Waals surface area contributed by atoms with Crippen LogP contribution in [-0.4, -0.2) is 44.1 Å². The van der Waals surface area contributed by atoms with Crippen molar-refractivity contribution in [2.45, 2.75) is 32.3 Å². The summed E-state index contributed by atoms with van der Waals surface area (Å²) in [6.07, 6.45) is 0. The van der Waals surface area contributed by atoms with Crippen LogP contribution in [0.25, 0.3) is 0 Å². The lowest BCUT2D eigenvalue weighted by Crippen LogP contribution is -2.34. The van der Waals surface area contributed by atoms with Crippen LogP contribution in [-0.2, 0) is 21.4 Å².